The number of pyridine rings is 1. The average molecular weight is 557 g/mol. The van der Waals surface area contributed by atoms with Crippen LogP contribution >= 0.6 is 0 Å². The molecule has 0 aliphatic rings. The monoisotopic (exact) mass is 557 g/mol. The van der Waals surface area contributed by atoms with Crippen LogP contribution in [0.15, 0.2) is 24.7 Å². The molecule has 1 radical (unpaired) electrons. The topological polar surface area (TPSA) is 56.5 Å². The van der Waals surface area contributed by atoms with E-state index >= 15 is 0 Å². The number of hydrogen-bond acceptors (Lipinski definition) is 4. The molecule has 3 heterocycles. The Hall–Kier alpha value is -1.65. The summed E-state index contributed by atoms with van der Waals surface area (Å²) in [7, 11) is 0. The number of hydrogen-bond donors (Lipinski definition) is 0. The van der Waals surface area contributed by atoms with Crippen molar-refractivity contribution in [1.29, 1.82) is 0 Å². The summed E-state index contributed by atoms with van der Waals surface area (Å²) in [5.41, 5.74) is 4.07. The predicted molar refractivity (Wildman–Crippen MR) is 109 cm³/mol. The van der Waals surface area contributed by atoms with E-state index in [0.29, 0.717) is 11.8 Å². The van der Waals surface area contributed by atoms with Gasteiger partial charge in [-0.3, -0.25) is 15.0 Å². The third kappa shape index (κ3) is 4.66. The zero-order chi connectivity index (χ0) is 19.2. The van der Waals surface area contributed by atoms with E-state index in [1.165, 1.54) is 5.56 Å². The summed E-state index contributed by atoms with van der Waals surface area (Å²) in [6.07, 6.45) is 15.5. The molecule has 2 atom stereocenters. The van der Waals surface area contributed by atoms with E-state index in [4.69, 9.17) is 0 Å². The Kier molecular flexibility index (Phi) is 8.71. The zero-order valence-corrected chi connectivity index (χ0v) is 19.7. The van der Waals surface area contributed by atoms with E-state index in [1.807, 2.05) is 23.2 Å². The van der Waals surface area contributed by atoms with Crippen molar-refractivity contribution in [3.63, 3.8) is 0 Å². The van der Waals surface area contributed by atoms with Crippen molar-refractivity contribution >= 4 is 11.2 Å². The van der Waals surface area contributed by atoms with Crippen LogP contribution in [0, 0.1) is 6.33 Å². The molecule has 2 unspecified atom stereocenters. The van der Waals surface area contributed by atoms with Crippen molar-refractivity contribution in [2.75, 3.05) is 0 Å². The van der Waals surface area contributed by atoms with Crippen LogP contribution in [0.1, 0.15) is 89.3 Å². The molecule has 0 fully saturated rings. The van der Waals surface area contributed by atoms with Crippen LogP contribution < -0.4 is 0 Å². The second-order valence-electron chi connectivity index (χ2n) is 7.21. The molecule has 0 amide bonds. The Bertz CT molecular complexity index is 859. The van der Waals surface area contributed by atoms with Gasteiger partial charge in [0.25, 0.3) is 0 Å². The van der Waals surface area contributed by atoms with Gasteiger partial charge >= 0.3 is 0 Å². The molecular weight excluding hydrogens is 526 g/mol. The molecular formula is C22H30IrN5-. The van der Waals surface area contributed by atoms with E-state index in [2.05, 4.69) is 60.0 Å². The number of nitrogens with zero attached hydrogens (tertiary/aromatic N) is 5. The number of imidazole rings is 1. The summed E-state index contributed by atoms with van der Waals surface area (Å²) in [5, 5.41) is 0. The zero-order valence-electron chi connectivity index (χ0n) is 17.3. The maximum absolute atomic E-state index is 4.68. The molecule has 0 bridgehead atoms. The van der Waals surface area contributed by atoms with E-state index in [1.54, 1.807) is 0 Å². The molecule has 0 saturated carbocycles. The maximum Gasteiger partial charge on any atom is 0.0748 e. The number of aromatic nitrogens is 5. The first-order valence-electron chi connectivity index (χ1n) is 10.3. The van der Waals surface area contributed by atoms with E-state index in [0.717, 1.165) is 61.2 Å². The molecule has 3 aromatic heterocycles. The third-order valence-electron chi connectivity index (χ3n) is 5.42. The second-order valence-corrected chi connectivity index (χ2v) is 7.21. The Labute approximate surface area is 181 Å². The normalized spacial score (nSPS) is 13.3. The van der Waals surface area contributed by atoms with Gasteiger partial charge in [-0.15, -0.1) is 0 Å². The van der Waals surface area contributed by atoms with Gasteiger partial charge in [0.1, 0.15) is 0 Å². The van der Waals surface area contributed by atoms with Crippen LogP contribution in [-0.2, 0) is 20.1 Å². The third-order valence-corrected chi connectivity index (χ3v) is 5.42. The molecule has 0 spiro atoms. The van der Waals surface area contributed by atoms with Crippen LogP contribution in [0.25, 0.3) is 17.0 Å². The van der Waals surface area contributed by atoms with Gasteiger partial charge in [0.05, 0.1) is 11.5 Å². The molecule has 153 valence electrons. The fourth-order valence-corrected chi connectivity index (χ4v) is 3.87. The van der Waals surface area contributed by atoms with Crippen LogP contribution in [0.4, 0.5) is 0 Å². The van der Waals surface area contributed by atoms with Crippen LogP contribution in [0.2, 0.25) is 0 Å². The molecule has 28 heavy (non-hydrogen) atoms. The van der Waals surface area contributed by atoms with Crippen molar-refractivity contribution in [3.8, 4) is 5.82 Å². The smallest absolute Gasteiger partial charge is 0.0748 e. The predicted octanol–water partition coefficient (Wildman–Crippen LogP) is 5.60. The largest absolute Gasteiger partial charge is 0.395 e. The Morgan fingerprint density at radius 3 is 2.25 bits per heavy atom. The van der Waals surface area contributed by atoms with Gasteiger partial charge < -0.3 is 9.55 Å². The van der Waals surface area contributed by atoms with Crippen molar-refractivity contribution in [1.82, 2.24) is 24.5 Å². The molecule has 0 aromatic carbocycles. The SMILES string of the molecule is CCCC(CC)c1cnc(-n2[c-]nc3c(C(CC)CCC)ccnc32)cn1.[Ir]. The summed E-state index contributed by atoms with van der Waals surface area (Å²) in [6, 6.07) is 2.10. The Balaban J connectivity index is 0.00000280. The van der Waals surface area contributed by atoms with Crippen molar-refractivity contribution in [2.24, 2.45) is 0 Å². The Morgan fingerprint density at radius 2 is 1.64 bits per heavy atom. The molecule has 3 rings (SSSR count). The summed E-state index contributed by atoms with van der Waals surface area (Å²) >= 11 is 0. The van der Waals surface area contributed by atoms with Gasteiger partial charge in [-0.2, -0.15) is 0 Å². The summed E-state index contributed by atoms with van der Waals surface area (Å²) in [6.45, 7) is 8.88. The van der Waals surface area contributed by atoms with E-state index in [9.17, 15) is 0 Å². The minimum atomic E-state index is 0. The summed E-state index contributed by atoms with van der Waals surface area (Å²) in [5.74, 6) is 1.70. The first kappa shape index (κ1) is 22.6. The Morgan fingerprint density at radius 1 is 0.929 bits per heavy atom. The van der Waals surface area contributed by atoms with Crippen molar-refractivity contribution in [3.05, 3.63) is 42.2 Å². The fraction of sp³-hybridized carbons (Fsp3) is 0.545. The van der Waals surface area contributed by atoms with Gasteiger partial charge in [0.15, 0.2) is 0 Å². The van der Waals surface area contributed by atoms with Crippen LogP contribution in [0.5, 0.6) is 0 Å². The molecule has 5 nitrogen and oxygen atoms in total. The quantitative estimate of drug-likeness (QED) is 0.322. The van der Waals surface area contributed by atoms with Crippen LogP contribution in [0.3, 0.4) is 0 Å². The maximum atomic E-state index is 4.68. The average Bonchev–Trinajstić information content (AvgIpc) is 3.15. The molecule has 0 aliphatic carbocycles. The summed E-state index contributed by atoms with van der Waals surface area (Å²) < 4.78 is 1.83. The number of fused-ring (bicyclic) bond motifs is 1. The summed E-state index contributed by atoms with van der Waals surface area (Å²) in [4.78, 5) is 18.4. The van der Waals surface area contributed by atoms with Gasteiger partial charge in [-0.1, -0.05) is 46.1 Å². The minimum absolute atomic E-state index is 0. The molecule has 6 heteroatoms. The van der Waals surface area contributed by atoms with Crippen molar-refractivity contribution in [2.45, 2.75) is 78.1 Å². The fourth-order valence-electron chi connectivity index (χ4n) is 3.87. The van der Waals surface area contributed by atoms with E-state index < -0.39 is 0 Å². The first-order chi connectivity index (χ1) is 13.2. The minimum Gasteiger partial charge on any atom is -0.395 e. The van der Waals surface area contributed by atoms with E-state index in [-0.39, 0.29) is 20.1 Å². The van der Waals surface area contributed by atoms with Crippen molar-refractivity contribution < 1.29 is 20.1 Å². The first-order valence-corrected chi connectivity index (χ1v) is 10.3. The molecule has 0 N–H and O–H groups in total. The van der Waals surface area contributed by atoms with Gasteiger partial charge in [0, 0.05) is 56.6 Å². The molecule has 0 saturated heterocycles. The standard InChI is InChI=1S/C22H30N5.Ir/c1-5-9-16(7-3)18-11-12-23-22-21(18)26-15-27(22)20-14-24-19(13-25-20)17(8-4)10-6-2;/h11-14,16-17H,5-10H2,1-4H3;/q-1;. The molecule has 0 aliphatic heterocycles. The van der Waals surface area contributed by atoms with Gasteiger partial charge in [-0.05, 0) is 43.2 Å². The van der Waals surface area contributed by atoms with Gasteiger partial charge in [-0.25, -0.2) is 0 Å². The second kappa shape index (κ2) is 10.8. The molecule has 3 aromatic rings. The van der Waals surface area contributed by atoms with Crippen LogP contribution in [-0.4, -0.2) is 24.5 Å². The number of rotatable bonds is 9. The van der Waals surface area contributed by atoms with Gasteiger partial charge in [0.2, 0.25) is 0 Å².